The molecule has 0 aliphatic rings. The molecule has 0 saturated carbocycles. The number of phenols is 3. The van der Waals surface area contributed by atoms with Crippen molar-refractivity contribution in [2.24, 2.45) is 30.7 Å². The summed E-state index contributed by atoms with van der Waals surface area (Å²) in [7, 11) is -44.3. The summed E-state index contributed by atoms with van der Waals surface area (Å²) in [5, 5.41) is 53.7. The average Bonchev–Trinajstić information content (AvgIpc) is 0.764. The summed E-state index contributed by atoms with van der Waals surface area (Å²) in [6.45, 7) is 0. The van der Waals surface area contributed by atoms with Gasteiger partial charge in [-0.25, -0.2) is 25.3 Å². The van der Waals surface area contributed by atoms with Crippen molar-refractivity contribution in [2.45, 2.75) is 44.1 Å². The Kier molecular flexibility index (Phi) is 26.4. The van der Waals surface area contributed by atoms with Crippen LogP contribution in [0.15, 0.2) is 257 Å². The number of fused-ring (bicyclic) bond motifs is 6. The molecule has 0 radical (unpaired) electrons. The molecule has 108 heavy (non-hydrogen) atoms. The van der Waals surface area contributed by atoms with E-state index < -0.39 is 186 Å². The van der Waals surface area contributed by atoms with Crippen LogP contribution >= 0.6 is 0 Å². The van der Waals surface area contributed by atoms with Crippen LogP contribution in [0.1, 0.15) is 0 Å². The zero-order valence-electron chi connectivity index (χ0n) is 54.3. The number of rotatable bonds is 15. The predicted octanol–water partition coefficient (Wildman–Crippen LogP) is 1.55. The van der Waals surface area contributed by atoms with Crippen molar-refractivity contribution in [1.29, 1.82) is 0 Å². The molecule has 12 aromatic carbocycles. The van der Waals surface area contributed by atoms with Crippen molar-refractivity contribution in [2.75, 3.05) is 0 Å². The number of azo groups is 3. The summed E-state index contributed by atoms with van der Waals surface area (Å²) >= 11 is 0. The summed E-state index contributed by atoms with van der Waals surface area (Å²) in [6, 6.07) is 35.0. The second-order valence-corrected chi connectivity index (χ2v) is 34.0. The van der Waals surface area contributed by atoms with Crippen LogP contribution in [0.5, 0.6) is 17.2 Å². The van der Waals surface area contributed by atoms with E-state index in [-0.39, 0.29) is 154 Å². The van der Waals surface area contributed by atoms with Crippen molar-refractivity contribution in [3.63, 3.8) is 0 Å². The fraction of sp³-hybridized carbons (Fsp3) is 0. The first-order valence-electron chi connectivity index (χ1n) is 28.0. The SMILES string of the molecule is O=S(=O)([O-])c1ccc(N=Nc2c(O)ccc3cc(S(=O)(=O)O)cc(S(=O)(=O)O)c23)c2ccccc12.O=S(=O)([O-])c1ccc(N=Nc2c(O)ccc3cc(S(=O)(=O)O)cc(S(=O)(=O)O)c23)c2ccccc12.O=S(=O)([O-])c1ccc(N=Nc2c(O)ccc3cc(S(=O)(=O)O)cc(S(=O)(=O)O)c23)c2ccccc12.[Na+].[Na+].[Na+]. The maximum atomic E-state index is 12.0. The molecule has 0 fully saturated rings. The normalized spacial score (nSPS) is 12.8. The van der Waals surface area contributed by atoms with Gasteiger partial charge in [0.2, 0.25) is 0 Å². The number of nitrogens with zero attached hydrogens (tertiary/aromatic N) is 6. The zero-order valence-corrected chi connectivity index (χ0v) is 67.6. The number of benzene rings is 12. The second-order valence-electron chi connectivity index (χ2n) is 21.6. The van der Waals surface area contributed by atoms with Gasteiger partial charge in [-0.3, -0.25) is 27.3 Å². The van der Waals surface area contributed by atoms with Gasteiger partial charge < -0.3 is 29.0 Å². The van der Waals surface area contributed by atoms with E-state index in [4.69, 9.17) is 0 Å². The Balaban J connectivity index is 0.000000223. The van der Waals surface area contributed by atoms with Crippen LogP contribution in [0.3, 0.4) is 0 Å². The topological polar surface area (TPSA) is 633 Å². The van der Waals surface area contributed by atoms with Gasteiger partial charge in [0.15, 0.2) is 0 Å². The van der Waals surface area contributed by atoms with Gasteiger partial charge in [-0.05, 0) is 107 Å². The van der Waals surface area contributed by atoms with Gasteiger partial charge in [0.1, 0.15) is 79.4 Å². The summed E-state index contributed by atoms with van der Waals surface area (Å²) in [5.74, 6) is -1.77. The van der Waals surface area contributed by atoms with Crippen LogP contribution in [-0.4, -0.2) is 132 Å². The molecule has 12 rings (SSSR count). The largest absolute Gasteiger partial charge is 1.00 e. The molecule has 9 N–H and O–H groups in total. The van der Waals surface area contributed by atoms with Crippen molar-refractivity contribution in [1.82, 2.24) is 0 Å². The molecule has 0 atom stereocenters. The van der Waals surface area contributed by atoms with Gasteiger partial charge in [-0.1, -0.05) is 91.0 Å². The molecule has 0 bridgehead atoms. The average molecular weight is 1680 g/mol. The van der Waals surface area contributed by atoms with Crippen molar-refractivity contribution >= 4 is 190 Å². The van der Waals surface area contributed by atoms with E-state index in [1.54, 1.807) is 18.2 Å². The van der Waals surface area contributed by atoms with E-state index >= 15 is 0 Å². The van der Waals surface area contributed by atoms with Gasteiger partial charge in [0, 0.05) is 48.5 Å². The third-order valence-electron chi connectivity index (χ3n) is 14.9. The minimum atomic E-state index is -5.08. The van der Waals surface area contributed by atoms with Crippen LogP contribution in [0, 0.1) is 0 Å². The van der Waals surface area contributed by atoms with E-state index in [1.807, 2.05) is 0 Å². The van der Waals surface area contributed by atoms with Crippen LogP contribution < -0.4 is 88.7 Å². The molecular weight excluding hydrogens is 1640 g/mol. The summed E-state index contributed by atoms with van der Waals surface area (Å²) in [5.41, 5.74) is -1.27. The summed E-state index contributed by atoms with van der Waals surface area (Å²) < 4.78 is 303. The number of hydrogen-bond donors (Lipinski definition) is 9. The Hall–Kier alpha value is -7.41. The Bertz CT molecular complexity index is 6330. The smallest absolute Gasteiger partial charge is 0.744 e. The van der Waals surface area contributed by atoms with Crippen molar-refractivity contribution in [3.05, 3.63) is 182 Å². The second kappa shape index (κ2) is 32.5. The van der Waals surface area contributed by atoms with Crippen LogP contribution in [0.25, 0.3) is 64.6 Å². The van der Waals surface area contributed by atoms with Crippen molar-refractivity contribution < 1.29 is 221 Å². The molecule has 546 valence electrons. The van der Waals surface area contributed by atoms with Crippen LogP contribution in [-0.2, 0) is 91.1 Å². The van der Waals surface area contributed by atoms with Crippen LogP contribution in [0.4, 0.5) is 34.1 Å². The minimum Gasteiger partial charge on any atom is -0.744 e. The van der Waals surface area contributed by atoms with E-state index in [2.05, 4.69) is 30.7 Å². The monoisotopic (exact) mass is 1680 g/mol. The number of phenolic OH excluding ortho intramolecular Hbond substituents is 3. The fourth-order valence-corrected chi connectivity index (χ4v) is 16.6. The van der Waals surface area contributed by atoms with Crippen molar-refractivity contribution in [3.8, 4) is 17.2 Å². The molecule has 0 aromatic heterocycles. The van der Waals surface area contributed by atoms with Crippen LogP contribution in [0.2, 0.25) is 0 Å². The molecule has 0 saturated heterocycles. The number of hydrogen-bond acceptors (Lipinski definition) is 30. The Morgan fingerprint density at radius 2 is 0.454 bits per heavy atom. The van der Waals surface area contributed by atoms with E-state index in [9.17, 15) is 132 Å². The van der Waals surface area contributed by atoms with Gasteiger partial charge >= 0.3 is 88.7 Å². The summed E-state index contributed by atoms with van der Waals surface area (Å²) in [4.78, 5) is -6.87. The third-order valence-corrected chi connectivity index (χ3v) is 22.7. The summed E-state index contributed by atoms with van der Waals surface area (Å²) in [6.07, 6.45) is 0. The zero-order chi connectivity index (χ0) is 77.3. The fourth-order valence-electron chi connectivity index (χ4n) is 10.5. The molecule has 0 spiro atoms. The van der Waals surface area contributed by atoms with Gasteiger partial charge in [-0.15, -0.1) is 30.7 Å². The minimum absolute atomic E-state index is 0. The van der Waals surface area contributed by atoms with E-state index in [0.717, 1.165) is 72.8 Å². The first-order chi connectivity index (χ1) is 48.5. The molecule has 12 aromatic rings. The molecule has 0 aliphatic carbocycles. The Morgan fingerprint density at radius 3 is 0.648 bits per heavy atom. The number of aromatic hydroxyl groups is 3. The Labute approximate surface area is 676 Å². The molecule has 0 aliphatic heterocycles. The molecule has 36 nitrogen and oxygen atoms in total. The standard InChI is InChI=1S/3C20H14N2O10S3.3Na/c3*23-16-7-5-11-9-12(33(24,25)26)10-18(35(30,31)32)19(11)20(16)22-21-15-6-8-17(34(27,28)29)14-4-2-1-3-13(14)15;;;/h3*1-10,23H,(H,24,25,26)(H,27,28,29)(H,30,31,32);;;/q;;;3*+1/p-3. The maximum Gasteiger partial charge on any atom is 1.00 e. The van der Waals surface area contributed by atoms with Gasteiger partial charge in [0.05, 0.1) is 46.4 Å². The Morgan fingerprint density at radius 1 is 0.241 bits per heavy atom. The quantitative estimate of drug-likeness (QED) is 0.0399. The third kappa shape index (κ3) is 19.3. The van der Waals surface area contributed by atoms with E-state index in [1.165, 1.54) is 72.8 Å². The van der Waals surface area contributed by atoms with Gasteiger partial charge in [0.25, 0.3) is 60.7 Å². The predicted molar refractivity (Wildman–Crippen MR) is 364 cm³/mol. The molecule has 0 unspecified atom stereocenters. The maximum absolute atomic E-state index is 12.0. The molecular formula is C60H39N6Na3O30S9. The first-order valence-corrected chi connectivity index (χ1v) is 40.8. The first kappa shape index (κ1) is 87.8. The molecule has 0 heterocycles. The van der Waals surface area contributed by atoms with Gasteiger partial charge in [-0.2, -0.15) is 50.5 Å². The molecule has 48 heteroatoms. The molecule has 0 amide bonds. The van der Waals surface area contributed by atoms with E-state index in [0.29, 0.717) is 18.2 Å².